The third-order valence-electron chi connectivity index (χ3n) is 3.57. The summed E-state index contributed by atoms with van der Waals surface area (Å²) < 4.78 is 5.40. The van der Waals surface area contributed by atoms with E-state index in [0.717, 1.165) is 30.9 Å². The Morgan fingerprint density at radius 2 is 2.29 bits per heavy atom. The summed E-state index contributed by atoms with van der Waals surface area (Å²) in [5, 5.41) is 2.72. The molecule has 5 heteroatoms. The van der Waals surface area contributed by atoms with E-state index in [1.165, 1.54) is 0 Å². The van der Waals surface area contributed by atoms with Crippen LogP contribution in [0.5, 0.6) is 0 Å². The number of nitrogens with zero attached hydrogens (tertiary/aromatic N) is 2. The van der Waals surface area contributed by atoms with Crippen LogP contribution in [0.4, 0.5) is 5.95 Å². The van der Waals surface area contributed by atoms with Crippen molar-refractivity contribution >= 4 is 11.9 Å². The molecule has 0 radical (unpaired) electrons. The molecule has 108 valence electrons. The second-order valence-corrected chi connectivity index (χ2v) is 5.16. The lowest BCUT2D eigenvalue weighted by molar-refractivity contribution is 0.102. The van der Waals surface area contributed by atoms with E-state index in [0.29, 0.717) is 17.4 Å². The number of rotatable bonds is 3. The van der Waals surface area contributed by atoms with Crippen LogP contribution >= 0.6 is 0 Å². The van der Waals surface area contributed by atoms with E-state index < -0.39 is 0 Å². The van der Waals surface area contributed by atoms with E-state index in [2.05, 4.69) is 15.3 Å². The van der Waals surface area contributed by atoms with Crippen molar-refractivity contribution in [1.29, 1.82) is 0 Å². The molecule has 2 aromatic rings. The number of ether oxygens (including phenoxy) is 1. The quantitative estimate of drug-likeness (QED) is 0.940. The number of carbonyl (C=O) groups excluding carboxylic acids is 1. The maximum absolute atomic E-state index is 12.3. The van der Waals surface area contributed by atoms with Crippen LogP contribution < -0.4 is 5.32 Å². The van der Waals surface area contributed by atoms with Gasteiger partial charge < -0.3 is 4.74 Å². The Morgan fingerprint density at radius 3 is 3.05 bits per heavy atom. The van der Waals surface area contributed by atoms with Gasteiger partial charge in [-0.1, -0.05) is 12.1 Å². The minimum atomic E-state index is -0.193. The molecule has 21 heavy (non-hydrogen) atoms. The molecule has 5 nitrogen and oxygen atoms in total. The van der Waals surface area contributed by atoms with Crippen molar-refractivity contribution in [3.63, 3.8) is 0 Å². The molecule has 1 aromatic heterocycles. The van der Waals surface area contributed by atoms with Gasteiger partial charge in [-0.05, 0) is 37.1 Å². The first-order chi connectivity index (χ1) is 10.2. The Bertz CT molecular complexity index is 651. The van der Waals surface area contributed by atoms with Gasteiger partial charge in [0.25, 0.3) is 5.91 Å². The molecule has 0 saturated carbocycles. The summed E-state index contributed by atoms with van der Waals surface area (Å²) in [7, 11) is 0. The number of aromatic nitrogens is 2. The third kappa shape index (κ3) is 3.25. The zero-order valence-corrected chi connectivity index (χ0v) is 11.9. The van der Waals surface area contributed by atoms with Crippen molar-refractivity contribution in [2.45, 2.75) is 19.3 Å². The van der Waals surface area contributed by atoms with Gasteiger partial charge in [-0.15, -0.1) is 0 Å². The molecular weight excluding hydrogens is 266 g/mol. The number of hydrogen-bond donors (Lipinski definition) is 1. The monoisotopic (exact) mass is 283 g/mol. The summed E-state index contributed by atoms with van der Waals surface area (Å²) in [5.74, 6) is 0.518. The van der Waals surface area contributed by atoms with Crippen molar-refractivity contribution in [3.8, 4) is 0 Å². The number of anilines is 1. The van der Waals surface area contributed by atoms with Crippen LogP contribution in [0, 0.1) is 6.92 Å². The zero-order chi connectivity index (χ0) is 14.7. The van der Waals surface area contributed by atoms with Gasteiger partial charge in [0.05, 0.1) is 6.61 Å². The average molecular weight is 283 g/mol. The van der Waals surface area contributed by atoms with Crippen molar-refractivity contribution < 1.29 is 9.53 Å². The van der Waals surface area contributed by atoms with Crippen LogP contribution in [0.3, 0.4) is 0 Å². The molecule has 1 aromatic carbocycles. The highest BCUT2D eigenvalue weighted by atomic mass is 16.5. The molecule has 1 saturated heterocycles. The van der Waals surface area contributed by atoms with E-state index in [-0.39, 0.29) is 5.91 Å². The Hall–Kier alpha value is -2.27. The molecule has 0 aliphatic carbocycles. The molecular formula is C16H17N3O2. The Morgan fingerprint density at radius 1 is 1.38 bits per heavy atom. The number of aryl methyl sites for hydroxylation is 1. The summed E-state index contributed by atoms with van der Waals surface area (Å²) in [6.07, 6.45) is 2.64. The van der Waals surface area contributed by atoms with Crippen LogP contribution in [0.1, 0.15) is 34.0 Å². The minimum Gasteiger partial charge on any atom is -0.381 e. The maximum Gasteiger partial charge on any atom is 0.258 e. The summed E-state index contributed by atoms with van der Waals surface area (Å²) in [4.78, 5) is 20.5. The molecule has 3 rings (SSSR count). The fourth-order valence-electron chi connectivity index (χ4n) is 2.41. The predicted octanol–water partition coefficient (Wildman–Crippen LogP) is 2.54. The maximum atomic E-state index is 12.3. The van der Waals surface area contributed by atoms with Gasteiger partial charge in [-0.3, -0.25) is 10.1 Å². The predicted molar refractivity (Wildman–Crippen MR) is 79.3 cm³/mol. The second kappa shape index (κ2) is 6.01. The van der Waals surface area contributed by atoms with Crippen molar-refractivity contribution in [3.05, 3.63) is 53.3 Å². The van der Waals surface area contributed by atoms with E-state index in [4.69, 9.17) is 4.74 Å². The van der Waals surface area contributed by atoms with E-state index in [1.807, 2.05) is 25.1 Å². The van der Waals surface area contributed by atoms with Gasteiger partial charge in [0.15, 0.2) is 0 Å². The number of nitrogens with one attached hydrogen (secondary N) is 1. The van der Waals surface area contributed by atoms with Crippen LogP contribution in [0.2, 0.25) is 0 Å². The van der Waals surface area contributed by atoms with Gasteiger partial charge in [-0.25, -0.2) is 9.97 Å². The van der Waals surface area contributed by atoms with Crippen LogP contribution in [-0.4, -0.2) is 29.1 Å². The summed E-state index contributed by atoms with van der Waals surface area (Å²) in [6.45, 7) is 3.38. The molecule has 1 aliphatic rings. The Labute approximate surface area is 123 Å². The molecule has 1 aliphatic heterocycles. The van der Waals surface area contributed by atoms with Gasteiger partial charge in [0, 0.05) is 30.0 Å². The molecule has 1 amide bonds. The standard InChI is InChI=1S/C16H17N3O2/c1-11-5-7-17-16(18-11)19-15(20)13-4-2-3-12(9-13)14-6-8-21-10-14/h2-5,7,9,14H,6,8,10H2,1H3,(H,17,18,19,20)/t14-/m0/s1. The number of carbonyl (C=O) groups is 1. The van der Waals surface area contributed by atoms with E-state index in [1.54, 1.807) is 18.3 Å². The lowest BCUT2D eigenvalue weighted by Gasteiger charge is -2.10. The van der Waals surface area contributed by atoms with Crippen LogP contribution in [0.15, 0.2) is 36.5 Å². The lowest BCUT2D eigenvalue weighted by atomic mass is 9.96. The lowest BCUT2D eigenvalue weighted by Crippen LogP contribution is -2.15. The van der Waals surface area contributed by atoms with Crippen molar-refractivity contribution in [2.75, 3.05) is 18.5 Å². The molecule has 1 N–H and O–H groups in total. The topological polar surface area (TPSA) is 64.1 Å². The number of amides is 1. The number of benzene rings is 1. The van der Waals surface area contributed by atoms with Gasteiger partial charge >= 0.3 is 0 Å². The van der Waals surface area contributed by atoms with Gasteiger partial charge in [0.1, 0.15) is 0 Å². The first-order valence-electron chi connectivity index (χ1n) is 7.01. The molecule has 2 heterocycles. The first kappa shape index (κ1) is 13.7. The number of hydrogen-bond acceptors (Lipinski definition) is 4. The Kier molecular flexibility index (Phi) is 3.92. The Balaban J connectivity index is 1.76. The SMILES string of the molecule is Cc1ccnc(NC(=O)c2cccc([C@H]3CCOC3)c2)n1. The fourth-order valence-corrected chi connectivity index (χ4v) is 2.41. The molecule has 0 spiro atoms. The highest BCUT2D eigenvalue weighted by Crippen LogP contribution is 2.25. The zero-order valence-electron chi connectivity index (χ0n) is 11.9. The van der Waals surface area contributed by atoms with E-state index in [9.17, 15) is 4.79 Å². The van der Waals surface area contributed by atoms with E-state index >= 15 is 0 Å². The summed E-state index contributed by atoms with van der Waals surface area (Å²) in [5.41, 5.74) is 2.58. The smallest absolute Gasteiger partial charge is 0.258 e. The van der Waals surface area contributed by atoms with Crippen LogP contribution in [0.25, 0.3) is 0 Å². The minimum absolute atomic E-state index is 0.193. The van der Waals surface area contributed by atoms with Gasteiger partial charge in [-0.2, -0.15) is 0 Å². The molecule has 0 unspecified atom stereocenters. The van der Waals surface area contributed by atoms with Crippen LogP contribution in [-0.2, 0) is 4.74 Å². The average Bonchev–Trinajstić information content (AvgIpc) is 3.02. The largest absolute Gasteiger partial charge is 0.381 e. The van der Waals surface area contributed by atoms with Gasteiger partial charge in [0.2, 0.25) is 5.95 Å². The van der Waals surface area contributed by atoms with Crippen molar-refractivity contribution in [1.82, 2.24) is 9.97 Å². The normalized spacial score (nSPS) is 17.7. The van der Waals surface area contributed by atoms with Crippen molar-refractivity contribution in [2.24, 2.45) is 0 Å². The molecule has 0 bridgehead atoms. The highest BCUT2D eigenvalue weighted by Gasteiger charge is 2.19. The third-order valence-corrected chi connectivity index (χ3v) is 3.57. The summed E-state index contributed by atoms with van der Waals surface area (Å²) >= 11 is 0. The summed E-state index contributed by atoms with van der Waals surface area (Å²) in [6, 6.07) is 9.45. The highest BCUT2D eigenvalue weighted by molar-refractivity contribution is 6.03. The first-order valence-corrected chi connectivity index (χ1v) is 7.01. The second-order valence-electron chi connectivity index (χ2n) is 5.16. The molecule has 1 atom stereocenters. The fraction of sp³-hybridized carbons (Fsp3) is 0.312. The molecule has 1 fully saturated rings.